The van der Waals surface area contributed by atoms with E-state index in [-0.39, 0.29) is 18.1 Å². The van der Waals surface area contributed by atoms with Gasteiger partial charge in [-0.3, -0.25) is 9.59 Å². The number of nitrogens with zero attached hydrogens (tertiary/aromatic N) is 2. The van der Waals surface area contributed by atoms with Gasteiger partial charge in [-0.25, -0.2) is 4.90 Å². The maximum Gasteiger partial charge on any atom is 0.282 e. The van der Waals surface area contributed by atoms with Gasteiger partial charge in [0.05, 0.1) is 22.9 Å². The van der Waals surface area contributed by atoms with Gasteiger partial charge in [0.15, 0.2) is 11.5 Å². The van der Waals surface area contributed by atoms with E-state index in [1.54, 1.807) is 54.6 Å². The molecular weight excluding hydrogens is 394 g/mol. The zero-order chi connectivity index (χ0) is 21.4. The summed E-state index contributed by atoms with van der Waals surface area (Å²) in [5.41, 5.74) is 2.49. The monoisotopic (exact) mass is 409 g/mol. The first-order valence-corrected chi connectivity index (χ1v) is 9.51. The van der Waals surface area contributed by atoms with Crippen LogP contribution in [0, 0.1) is 11.3 Å². The van der Waals surface area contributed by atoms with Crippen LogP contribution in [0.2, 0.25) is 0 Å². The Morgan fingerprint density at radius 2 is 1.61 bits per heavy atom. The molecule has 2 aliphatic heterocycles. The molecule has 2 amide bonds. The van der Waals surface area contributed by atoms with Gasteiger partial charge in [0.25, 0.3) is 11.8 Å². The summed E-state index contributed by atoms with van der Waals surface area (Å²) in [7, 11) is 0. The normalized spacial score (nSPS) is 14.7. The lowest BCUT2D eigenvalue weighted by molar-refractivity contribution is -0.120. The molecule has 0 aromatic heterocycles. The van der Waals surface area contributed by atoms with Crippen molar-refractivity contribution >= 4 is 28.8 Å². The smallest absolute Gasteiger partial charge is 0.282 e. The number of hydrogen-bond donors (Lipinski definition) is 1. The van der Waals surface area contributed by atoms with Crippen LogP contribution in [0.25, 0.3) is 5.57 Å². The summed E-state index contributed by atoms with van der Waals surface area (Å²) in [4.78, 5) is 27.8. The van der Waals surface area contributed by atoms with Gasteiger partial charge in [0.2, 0.25) is 6.79 Å². The molecule has 150 valence electrons. The molecule has 7 heteroatoms. The predicted octanol–water partition coefficient (Wildman–Crippen LogP) is 3.68. The molecule has 2 aliphatic rings. The molecule has 0 atom stereocenters. The van der Waals surface area contributed by atoms with Gasteiger partial charge in [-0.15, -0.1) is 0 Å². The quantitative estimate of drug-likeness (QED) is 0.661. The number of amides is 2. The summed E-state index contributed by atoms with van der Waals surface area (Å²) < 4.78 is 10.7. The highest BCUT2D eigenvalue weighted by molar-refractivity contribution is 6.46. The molecule has 3 aromatic carbocycles. The van der Waals surface area contributed by atoms with Crippen molar-refractivity contribution in [3.05, 3.63) is 89.6 Å². The Hall–Kier alpha value is -4.57. The van der Waals surface area contributed by atoms with Crippen LogP contribution in [0.5, 0.6) is 11.5 Å². The van der Waals surface area contributed by atoms with Crippen molar-refractivity contribution in [3.63, 3.8) is 0 Å². The molecule has 1 N–H and O–H groups in total. The van der Waals surface area contributed by atoms with E-state index in [1.165, 1.54) is 0 Å². The fourth-order valence-corrected chi connectivity index (χ4v) is 3.56. The van der Waals surface area contributed by atoms with Gasteiger partial charge in [-0.1, -0.05) is 30.3 Å². The van der Waals surface area contributed by atoms with Crippen molar-refractivity contribution in [1.82, 2.24) is 0 Å². The molecule has 0 saturated heterocycles. The summed E-state index contributed by atoms with van der Waals surface area (Å²) in [6, 6.07) is 22.6. The van der Waals surface area contributed by atoms with Crippen LogP contribution in [0.15, 0.2) is 78.5 Å². The Morgan fingerprint density at radius 1 is 0.871 bits per heavy atom. The number of fused-ring (bicyclic) bond motifs is 1. The molecule has 0 aliphatic carbocycles. The zero-order valence-corrected chi connectivity index (χ0v) is 16.2. The highest BCUT2D eigenvalue weighted by Gasteiger charge is 2.40. The zero-order valence-electron chi connectivity index (χ0n) is 16.2. The number of anilines is 2. The molecule has 5 rings (SSSR count). The molecule has 0 bridgehead atoms. The Labute approximate surface area is 177 Å². The van der Waals surface area contributed by atoms with Gasteiger partial charge < -0.3 is 14.8 Å². The number of rotatable bonds is 4. The Morgan fingerprint density at radius 3 is 2.35 bits per heavy atom. The maximum absolute atomic E-state index is 13.4. The number of imide groups is 1. The average Bonchev–Trinajstić information content (AvgIpc) is 3.36. The number of ether oxygens (including phenoxy) is 2. The second-order valence-corrected chi connectivity index (χ2v) is 6.91. The lowest BCUT2D eigenvalue weighted by Crippen LogP contribution is -2.32. The summed E-state index contributed by atoms with van der Waals surface area (Å²) in [5.74, 6) is 0.263. The second-order valence-electron chi connectivity index (χ2n) is 6.91. The van der Waals surface area contributed by atoms with E-state index < -0.39 is 11.8 Å². The minimum atomic E-state index is -0.480. The minimum absolute atomic E-state index is 0.140. The van der Waals surface area contributed by atoms with Crippen LogP contribution >= 0.6 is 0 Å². The van der Waals surface area contributed by atoms with Crippen molar-refractivity contribution in [2.45, 2.75) is 0 Å². The van der Waals surface area contributed by atoms with E-state index in [9.17, 15) is 9.59 Å². The van der Waals surface area contributed by atoms with Crippen LogP contribution in [0.3, 0.4) is 0 Å². The third-order valence-corrected chi connectivity index (χ3v) is 5.04. The predicted molar refractivity (Wildman–Crippen MR) is 113 cm³/mol. The van der Waals surface area contributed by atoms with Crippen molar-refractivity contribution in [2.24, 2.45) is 0 Å². The lowest BCUT2D eigenvalue weighted by atomic mass is 10.0. The fourth-order valence-electron chi connectivity index (χ4n) is 3.56. The van der Waals surface area contributed by atoms with Gasteiger partial charge in [-0.2, -0.15) is 5.26 Å². The molecule has 3 aromatic rings. The van der Waals surface area contributed by atoms with Crippen LogP contribution in [-0.2, 0) is 9.59 Å². The van der Waals surface area contributed by atoms with Crippen molar-refractivity contribution < 1.29 is 19.1 Å². The largest absolute Gasteiger partial charge is 0.454 e. The van der Waals surface area contributed by atoms with E-state index in [2.05, 4.69) is 5.32 Å². The van der Waals surface area contributed by atoms with Crippen LogP contribution in [0.4, 0.5) is 11.4 Å². The SMILES string of the molecule is N#Cc1ccc(N2C(=O)C(Nc3ccc4c(c3)OCO4)=C(c3ccccc3)C2=O)cc1. The summed E-state index contributed by atoms with van der Waals surface area (Å²) in [6.07, 6.45) is 0. The average molecular weight is 409 g/mol. The van der Waals surface area contributed by atoms with Crippen molar-refractivity contribution in [1.29, 1.82) is 5.26 Å². The van der Waals surface area contributed by atoms with Gasteiger partial charge >= 0.3 is 0 Å². The van der Waals surface area contributed by atoms with Gasteiger partial charge in [0.1, 0.15) is 5.70 Å². The van der Waals surface area contributed by atoms with Gasteiger partial charge in [-0.05, 0) is 42.0 Å². The van der Waals surface area contributed by atoms with E-state index in [4.69, 9.17) is 14.7 Å². The third kappa shape index (κ3) is 3.16. The minimum Gasteiger partial charge on any atom is -0.454 e. The van der Waals surface area contributed by atoms with Gasteiger partial charge in [0, 0.05) is 11.8 Å². The maximum atomic E-state index is 13.4. The highest BCUT2D eigenvalue weighted by atomic mass is 16.7. The Balaban J connectivity index is 1.57. The second kappa shape index (κ2) is 7.35. The molecule has 31 heavy (non-hydrogen) atoms. The van der Waals surface area contributed by atoms with E-state index in [1.807, 2.05) is 24.3 Å². The lowest BCUT2D eigenvalue weighted by Gasteiger charge is -2.15. The molecule has 2 heterocycles. The standard InChI is InChI=1S/C24H15N3O4/c25-13-15-6-9-18(10-7-15)27-23(28)21(16-4-2-1-3-5-16)22(24(27)29)26-17-8-11-19-20(12-17)31-14-30-19/h1-12,26H,14H2. The molecule has 0 radical (unpaired) electrons. The first kappa shape index (κ1) is 18.5. The number of nitriles is 1. The summed E-state index contributed by atoms with van der Waals surface area (Å²) in [5, 5.41) is 12.1. The molecule has 7 nitrogen and oxygen atoms in total. The van der Waals surface area contributed by atoms with Crippen LogP contribution in [0.1, 0.15) is 11.1 Å². The Bertz CT molecular complexity index is 1270. The van der Waals surface area contributed by atoms with E-state index in [0.29, 0.717) is 34.0 Å². The summed E-state index contributed by atoms with van der Waals surface area (Å²) >= 11 is 0. The van der Waals surface area contributed by atoms with Crippen LogP contribution in [-0.4, -0.2) is 18.6 Å². The fraction of sp³-hybridized carbons (Fsp3) is 0.0417. The summed E-state index contributed by atoms with van der Waals surface area (Å²) in [6.45, 7) is 0.140. The van der Waals surface area contributed by atoms with E-state index in [0.717, 1.165) is 4.90 Å². The molecule has 0 fully saturated rings. The topological polar surface area (TPSA) is 91.7 Å². The van der Waals surface area contributed by atoms with Crippen molar-refractivity contribution in [2.75, 3.05) is 17.0 Å². The first-order valence-electron chi connectivity index (χ1n) is 9.51. The van der Waals surface area contributed by atoms with Crippen LogP contribution < -0.4 is 19.7 Å². The third-order valence-electron chi connectivity index (χ3n) is 5.04. The number of hydrogen-bond acceptors (Lipinski definition) is 6. The molecular formula is C24H15N3O4. The highest BCUT2D eigenvalue weighted by Crippen LogP contribution is 2.37. The molecule has 0 saturated carbocycles. The molecule has 0 spiro atoms. The van der Waals surface area contributed by atoms with Crippen molar-refractivity contribution in [3.8, 4) is 17.6 Å². The van der Waals surface area contributed by atoms with E-state index >= 15 is 0 Å². The number of carbonyl (C=O) groups is 2. The number of carbonyl (C=O) groups excluding carboxylic acids is 2. The Kier molecular flexibility index (Phi) is 4.38. The number of nitrogens with one attached hydrogen (secondary N) is 1. The molecule has 0 unspecified atom stereocenters. The first-order chi connectivity index (χ1) is 15.2. The number of benzene rings is 3.